The second-order valence-corrected chi connectivity index (χ2v) is 2.26. The summed E-state index contributed by atoms with van der Waals surface area (Å²) in [7, 11) is 0. The minimum atomic E-state index is -0.833. The van der Waals surface area contributed by atoms with Crippen LogP contribution in [0.1, 0.15) is 41.0 Å². The maximum atomic E-state index is 9.00. The van der Waals surface area contributed by atoms with E-state index in [-0.39, 0.29) is 0 Å². The van der Waals surface area contributed by atoms with Crippen LogP contribution in [0.25, 0.3) is 0 Å². The van der Waals surface area contributed by atoms with E-state index in [9.17, 15) is 0 Å². The Bertz CT molecular complexity index is 123. The summed E-state index contributed by atoms with van der Waals surface area (Å²) in [5, 5.41) is 22.2. The molecule has 0 heterocycles. The van der Waals surface area contributed by atoms with Crippen LogP contribution in [0.5, 0.6) is 0 Å². The molecule has 0 radical (unpaired) electrons. The molecule has 15 heavy (non-hydrogen) atoms. The number of aliphatic carboxylic acids is 3. The second-order valence-electron chi connectivity index (χ2n) is 2.26. The summed E-state index contributed by atoms with van der Waals surface area (Å²) >= 11 is 0. The fourth-order valence-corrected chi connectivity index (χ4v) is 0. The van der Waals surface area contributed by atoms with Gasteiger partial charge in [-0.2, -0.15) is 0 Å². The fraction of sp³-hybridized carbons (Fsp3) is 0.667. The Morgan fingerprint density at radius 2 is 0.733 bits per heavy atom. The van der Waals surface area contributed by atoms with E-state index < -0.39 is 17.9 Å². The number of carboxylic acid groups (broad SMARTS) is 3. The van der Waals surface area contributed by atoms with E-state index in [4.69, 9.17) is 29.7 Å². The van der Waals surface area contributed by atoms with E-state index in [1.165, 1.54) is 6.42 Å². The average molecular weight is 224 g/mol. The van der Waals surface area contributed by atoms with E-state index in [0.717, 1.165) is 20.8 Å². The van der Waals surface area contributed by atoms with Gasteiger partial charge in [0.2, 0.25) is 0 Å². The molecule has 0 saturated heterocycles. The van der Waals surface area contributed by atoms with Gasteiger partial charge in [0.25, 0.3) is 17.9 Å². The molecule has 0 unspecified atom stereocenters. The molecule has 0 aliphatic carbocycles. The number of carbonyl (C=O) groups is 3. The van der Waals surface area contributed by atoms with Crippen molar-refractivity contribution >= 4 is 17.9 Å². The lowest BCUT2D eigenvalue weighted by Gasteiger charge is -1.59. The van der Waals surface area contributed by atoms with Gasteiger partial charge in [0, 0.05) is 20.8 Å². The van der Waals surface area contributed by atoms with Crippen LogP contribution in [0.15, 0.2) is 0 Å². The molecule has 0 bridgehead atoms. The van der Waals surface area contributed by atoms with Crippen molar-refractivity contribution in [3.63, 3.8) is 0 Å². The highest BCUT2D eigenvalue weighted by atomic mass is 16.4. The van der Waals surface area contributed by atoms with Crippen LogP contribution in [0.2, 0.25) is 0 Å². The summed E-state index contributed by atoms with van der Waals surface area (Å²) in [6.07, 6.45) is 1.25. The van der Waals surface area contributed by atoms with E-state index in [0.29, 0.717) is 0 Å². The van der Waals surface area contributed by atoms with Gasteiger partial charge in [0.1, 0.15) is 0 Å². The van der Waals surface area contributed by atoms with Crippen LogP contribution in [0.3, 0.4) is 0 Å². The van der Waals surface area contributed by atoms with Crippen molar-refractivity contribution in [2.24, 2.45) is 0 Å². The van der Waals surface area contributed by atoms with Gasteiger partial charge in [-0.1, -0.05) is 20.3 Å². The summed E-state index contributed by atoms with van der Waals surface area (Å²) in [6.45, 7) is 7.50. The van der Waals surface area contributed by atoms with Crippen molar-refractivity contribution in [3.05, 3.63) is 0 Å². The van der Waals surface area contributed by atoms with Crippen LogP contribution in [-0.2, 0) is 14.4 Å². The average Bonchev–Trinajstić information content (AvgIpc) is 1.81. The highest BCUT2D eigenvalue weighted by Gasteiger charge is 1.66. The zero-order chi connectivity index (χ0) is 13.4. The van der Waals surface area contributed by atoms with Crippen molar-refractivity contribution in [3.8, 4) is 0 Å². The Balaban J connectivity index is -0.0000000542. The maximum absolute atomic E-state index is 9.00. The molecule has 0 aliphatic heterocycles. The Morgan fingerprint density at radius 1 is 0.733 bits per heavy atom. The third-order valence-corrected chi connectivity index (χ3v) is 0. The highest BCUT2D eigenvalue weighted by Crippen LogP contribution is 1.56. The molecule has 92 valence electrons. The molecule has 0 aromatic carbocycles. The van der Waals surface area contributed by atoms with Gasteiger partial charge >= 0.3 is 0 Å². The molecule has 0 spiro atoms. The zero-order valence-electron chi connectivity index (χ0n) is 9.77. The minimum Gasteiger partial charge on any atom is -0.481 e. The molecule has 6 heteroatoms. The van der Waals surface area contributed by atoms with Crippen LogP contribution in [0, 0.1) is 0 Å². The molecular weight excluding hydrogens is 204 g/mol. The lowest BCUT2D eigenvalue weighted by Crippen LogP contribution is -1.78. The smallest absolute Gasteiger partial charge is 0.300 e. The Labute approximate surface area is 89.5 Å². The number of carboxylic acids is 3. The van der Waals surface area contributed by atoms with E-state index in [1.807, 2.05) is 0 Å². The molecule has 0 amide bonds. The zero-order valence-corrected chi connectivity index (χ0v) is 9.77. The first-order chi connectivity index (χ1) is 6.61. The Hall–Kier alpha value is -1.59. The predicted molar refractivity (Wildman–Crippen MR) is 55.9 cm³/mol. The van der Waals surface area contributed by atoms with Gasteiger partial charge in [-0.05, 0) is 0 Å². The number of rotatable bonds is 0. The quantitative estimate of drug-likeness (QED) is 0.577. The summed E-state index contributed by atoms with van der Waals surface area (Å²) in [6, 6.07) is 0. The third-order valence-electron chi connectivity index (χ3n) is 0. The van der Waals surface area contributed by atoms with Crippen molar-refractivity contribution in [2.45, 2.75) is 41.0 Å². The Morgan fingerprint density at radius 3 is 0.733 bits per heavy atom. The largest absolute Gasteiger partial charge is 0.481 e. The van der Waals surface area contributed by atoms with Crippen LogP contribution < -0.4 is 0 Å². The lowest BCUT2D eigenvalue weighted by atomic mass is 10.6. The van der Waals surface area contributed by atoms with Crippen LogP contribution in [-0.4, -0.2) is 33.2 Å². The van der Waals surface area contributed by atoms with Crippen LogP contribution >= 0.6 is 0 Å². The molecule has 0 rings (SSSR count). The molecule has 0 fully saturated rings. The number of hydrogen-bond donors (Lipinski definition) is 3. The second kappa shape index (κ2) is 22.8. The first-order valence-electron chi connectivity index (χ1n) is 4.20. The van der Waals surface area contributed by atoms with Gasteiger partial charge < -0.3 is 15.3 Å². The molecule has 0 aromatic rings. The van der Waals surface area contributed by atoms with Crippen molar-refractivity contribution in [1.29, 1.82) is 0 Å². The molecule has 6 nitrogen and oxygen atoms in total. The molecular formula is C9H20O6. The topological polar surface area (TPSA) is 112 Å². The first kappa shape index (κ1) is 23.3. The summed E-state index contributed by atoms with van der Waals surface area (Å²) in [4.78, 5) is 27.0. The molecule has 0 aromatic heterocycles. The molecule has 0 saturated carbocycles. The van der Waals surface area contributed by atoms with E-state index in [1.54, 1.807) is 0 Å². The number of hydrogen-bond acceptors (Lipinski definition) is 3. The SMILES string of the molecule is CC(=O)O.CC(=O)O.CC(=O)O.CCC. The van der Waals surface area contributed by atoms with Crippen molar-refractivity contribution in [2.75, 3.05) is 0 Å². The standard InChI is InChI=1S/C3H8.3C2H4O2/c1-3-2;3*1-2(3)4/h3H2,1-2H3;3*1H3,(H,3,4). The molecule has 0 aliphatic rings. The van der Waals surface area contributed by atoms with Crippen molar-refractivity contribution < 1.29 is 29.7 Å². The highest BCUT2D eigenvalue weighted by molar-refractivity contribution is 5.63. The third kappa shape index (κ3) is 532. The van der Waals surface area contributed by atoms with Crippen LogP contribution in [0.4, 0.5) is 0 Å². The molecule has 3 N–H and O–H groups in total. The maximum Gasteiger partial charge on any atom is 0.300 e. The summed E-state index contributed by atoms with van der Waals surface area (Å²) < 4.78 is 0. The van der Waals surface area contributed by atoms with E-state index in [2.05, 4.69) is 13.8 Å². The lowest BCUT2D eigenvalue weighted by molar-refractivity contribution is -0.135. The minimum absolute atomic E-state index is 0.833. The van der Waals surface area contributed by atoms with Gasteiger partial charge in [0.05, 0.1) is 0 Å². The van der Waals surface area contributed by atoms with Gasteiger partial charge in [0.15, 0.2) is 0 Å². The molecule has 0 atom stereocenters. The van der Waals surface area contributed by atoms with Crippen molar-refractivity contribution in [1.82, 2.24) is 0 Å². The monoisotopic (exact) mass is 224 g/mol. The normalized spacial score (nSPS) is 6.20. The summed E-state index contributed by atoms with van der Waals surface area (Å²) in [5.74, 6) is -2.50. The predicted octanol–water partition coefficient (Wildman–Crippen LogP) is 1.69. The fourth-order valence-electron chi connectivity index (χ4n) is 0. The summed E-state index contributed by atoms with van der Waals surface area (Å²) in [5.41, 5.74) is 0. The Kier molecular flexibility index (Phi) is 35.5. The van der Waals surface area contributed by atoms with E-state index >= 15 is 0 Å². The van der Waals surface area contributed by atoms with Gasteiger partial charge in [-0.3, -0.25) is 14.4 Å². The first-order valence-corrected chi connectivity index (χ1v) is 4.20. The van der Waals surface area contributed by atoms with Gasteiger partial charge in [-0.25, -0.2) is 0 Å². The van der Waals surface area contributed by atoms with Gasteiger partial charge in [-0.15, -0.1) is 0 Å².